The summed E-state index contributed by atoms with van der Waals surface area (Å²) in [6.45, 7) is 5.29. The van der Waals surface area contributed by atoms with Crippen molar-refractivity contribution < 1.29 is 19.0 Å². The van der Waals surface area contributed by atoms with Crippen LogP contribution in [0.5, 0.6) is 17.2 Å². The van der Waals surface area contributed by atoms with Crippen molar-refractivity contribution in [3.05, 3.63) is 87.4 Å². The Balaban J connectivity index is 1.61. The molecule has 0 atom stereocenters. The predicted molar refractivity (Wildman–Crippen MR) is 136 cm³/mol. The first-order chi connectivity index (χ1) is 16.5. The first-order valence-corrected chi connectivity index (χ1v) is 11.7. The molecule has 0 saturated heterocycles. The van der Waals surface area contributed by atoms with E-state index in [1.807, 2.05) is 26.0 Å². The number of amides is 1. The Labute approximate surface area is 209 Å². The Hall–Kier alpha value is -3.22. The molecule has 1 amide bonds. The minimum absolute atomic E-state index is 0.266. The summed E-state index contributed by atoms with van der Waals surface area (Å²) in [6.07, 6.45) is 2.46. The number of nitrogens with zero attached hydrogens (tertiary/aromatic N) is 1. The number of ether oxygens (including phenoxy) is 3. The molecule has 0 heterocycles. The van der Waals surface area contributed by atoms with E-state index in [9.17, 15) is 4.79 Å². The fourth-order valence-corrected chi connectivity index (χ4v) is 3.40. The summed E-state index contributed by atoms with van der Waals surface area (Å²) in [7, 11) is 0. The number of hydrogen-bond acceptors (Lipinski definition) is 5. The van der Waals surface area contributed by atoms with Crippen LogP contribution in [0.2, 0.25) is 10.0 Å². The summed E-state index contributed by atoms with van der Waals surface area (Å²) in [4.78, 5) is 12.3. The number of nitrogens with one attached hydrogen (secondary N) is 1. The number of carbonyl (C=O) groups is 1. The molecule has 0 aromatic heterocycles. The highest BCUT2D eigenvalue weighted by Crippen LogP contribution is 2.30. The number of benzene rings is 3. The summed E-state index contributed by atoms with van der Waals surface area (Å²) in [5, 5.41) is 5.15. The quantitative estimate of drug-likeness (QED) is 0.240. The zero-order valence-electron chi connectivity index (χ0n) is 19.0. The highest BCUT2D eigenvalue weighted by molar-refractivity contribution is 6.35. The van der Waals surface area contributed by atoms with Crippen molar-refractivity contribution in [3.8, 4) is 17.2 Å². The fraction of sp³-hybridized carbons (Fsp3) is 0.231. The SMILES string of the molecule is CCCOc1ccc(C(=O)N/N=C/c2ccc(OCc3ccc(Cl)cc3Cl)c(OCC)c2)cc1. The van der Waals surface area contributed by atoms with Gasteiger partial charge in [0.2, 0.25) is 0 Å². The third kappa shape index (κ3) is 7.40. The molecular formula is C26H26Cl2N2O4. The maximum Gasteiger partial charge on any atom is 0.271 e. The fourth-order valence-electron chi connectivity index (χ4n) is 2.94. The van der Waals surface area contributed by atoms with Gasteiger partial charge in [-0.1, -0.05) is 36.2 Å². The Bertz CT molecular complexity index is 1130. The minimum Gasteiger partial charge on any atom is -0.494 e. The van der Waals surface area contributed by atoms with Gasteiger partial charge in [0.25, 0.3) is 5.91 Å². The summed E-state index contributed by atoms with van der Waals surface area (Å²) >= 11 is 12.2. The van der Waals surface area contributed by atoms with Gasteiger partial charge in [0.1, 0.15) is 12.4 Å². The molecule has 6 nitrogen and oxygen atoms in total. The van der Waals surface area contributed by atoms with Crippen LogP contribution < -0.4 is 19.6 Å². The first kappa shape index (κ1) is 25.4. The number of hydrogen-bond donors (Lipinski definition) is 1. The van der Waals surface area contributed by atoms with E-state index in [4.69, 9.17) is 37.4 Å². The summed E-state index contributed by atoms with van der Waals surface area (Å²) in [5.74, 6) is 1.54. The van der Waals surface area contributed by atoms with Crippen molar-refractivity contribution >= 4 is 35.3 Å². The zero-order chi connectivity index (χ0) is 24.3. The Morgan fingerprint density at radius 2 is 1.74 bits per heavy atom. The van der Waals surface area contributed by atoms with Crippen molar-refractivity contribution in [2.24, 2.45) is 5.10 Å². The average molecular weight is 501 g/mol. The van der Waals surface area contributed by atoms with Crippen molar-refractivity contribution in [2.75, 3.05) is 13.2 Å². The van der Waals surface area contributed by atoms with Crippen LogP contribution in [0.4, 0.5) is 0 Å². The normalized spacial score (nSPS) is 10.8. The van der Waals surface area contributed by atoms with Gasteiger partial charge in [0, 0.05) is 21.2 Å². The van der Waals surface area contributed by atoms with E-state index in [1.54, 1.807) is 54.7 Å². The van der Waals surface area contributed by atoms with Crippen LogP contribution in [0.15, 0.2) is 65.8 Å². The van der Waals surface area contributed by atoms with Crippen molar-refractivity contribution in [2.45, 2.75) is 26.9 Å². The highest BCUT2D eigenvalue weighted by atomic mass is 35.5. The van der Waals surface area contributed by atoms with Gasteiger partial charge in [-0.3, -0.25) is 4.79 Å². The van der Waals surface area contributed by atoms with Crippen molar-refractivity contribution in [3.63, 3.8) is 0 Å². The largest absolute Gasteiger partial charge is 0.494 e. The van der Waals surface area contributed by atoms with Gasteiger partial charge >= 0.3 is 0 Å². The van der Waals surface area contributed by atoms with Crippen molar-refractivity contribution in [1.82, 2.24) is 5.43 Å². The van der Waals surface area contributed by atoms with E-state index in [0.29, 0.717) is 40.3 Å². The highest BCUT2D eigenvalue weighted by Gasteiger charge is 2.09. The number of rotatable bonds is 11. The van der Waals surface area contributed by atoms with Crippen molar-refractivity contribution in [1.29, 1.82) is 0 Å². The minimum atomic E-state index is -0.317. The van der Waals surface area contributed by atoms with E-state index in [-0.39, 0.29) is 12.5 Å². The van der Waals surface area contributed by atoms with Crippen LogP contribution in [0.1, 0.15) is 41.8 Å². The maximum absolute atomic E-state index is 12.3. The van der Waals surface area contributed by atoms with E-state index >= 15 is 0 Å². The van der Waals surface area contributed by atoms with Gasteiger partial charge in [0.05, 0.1) is 19.4 Å². The van der Waals surface area contributed by atoms with Crippen LogP contribution in [0.3, 0.4) is 0 Å². The molecule has 0 saturated carbocycles. The van der Waals surface area contributed by atoms with Gasteiger partial charge in [-0.25, -0.2) is 5.43 Å². The van der Waals surface area contributed by atoms with Gasteiger partial charge in [-0.05, 0) is 73.5 Å². The Morgan fingerprint density at radius 3 is 2.44 bits per heavy atom. The molecule has 0 aliphatic carbocycles. The first-order valence-electron chi connectivity index (χ1n) is 10.9. The number of halogens is 2. The van der Waals surface area contributed by atoms with E-state index in [0.717, 1.165) is 23.3 Å². The Kier molecular flexibility index (Phi) is 9.62. The van der Waals surface area contributed by atoms with Gasteiger partial charge in [-0.15, -0.1) is 0 Å². The molecule has 3 rings (SSSR count). The average Bonchev–Trinajstić information content (AvgIpc) is 2.83. The molecule has 0 unspecified atom stereocenters. The number of carbonyl (C=O) groups excluding carboxylic acids is 1. The van der Waals surface area contributed by atoms with Crippen LogP contribution in [0, 0.1) is 0 Å². The lowest BCUT2D eigenvalue weighted by molar-refractivity contribution is 0.0955. The lowest BCUT2D eigenvalue weighted by Gasteiger charge is -2.13. The molecule has 3 aromatic rings. The van der Waals surface area contributed by atoms with Crippen LogP contribution in [0.25, 0.3) is 0 Å². The lowest BCUT2D eigenvalue weighted by Crippen LogP contribution is -2.17. The monoisotopic (exact) mass is 500 g/mol. The summed E-state index contributed by atoms with van der Waals surface area (Å²) < 4.78 is 17.1. The third-order valence-electron chi connectivity index (χ3n) is 4.63. The molecule has 1 N–H and O–H groups in total. The standard InChI is InChI=1S/C26H26Cl2N2O4/c1-3-13-33-22-10-7-19(8-11-22)26(31)30-29-16-18-5-12-24(25(14-18)32-4-2)34-17-20-6-9-21(27)15-23(20)28/h5-12,14-16H,3-4,13,17H2,1-2H3,(H,30,31)/b29-16+. The second-order valence-corrected chi connectivity index (χ2v) is 8.08. The molecule has 0 radical (unpaired) electrons. The van der Waals surface area contributed by atoms with Crippen LogP contribution in [-0.4, -0.2) is 25.3 Å². The molecular weight excluding hydrogens is 475 g/mol. The van der Waals surface area contributed by atoms with Gasteiger partial charge in [-0.2, -0.15) is 5.10 Å². The third-order valence-corrected chi connectivity index (χ3v) is 5.22. The van der Waals surface area contributed by atoms with Crippen LogP contribution >= 0.6 is 23.2 Å². The molecule has 178 valence electrons. The molecule has 0 fully saturated rings. The second-order valence-electron chi connectivity index (χ2n) is 7.24. The topological polar surface area (TPSA) is 69.2 Å². The summed E-state index contributed by atoms with van der Waals surface area (Å²) in [6, 6.07) is 17.6. The lowest BCUT2D eigenvalue weighted by atomic mass is 10.2. The Morgan fingerprint density at radius 1 is 0.941 bits per heavy atom. The molecule has 34 heavy (non-hydrogen) atoms. The molecule has 0 bridgehead atoms. The molecule has 8 heteroatoms. The van der Waals surface area contributed by atoms with E-state index < -0.39 is 0 Å². The second kappa shape index (κ2) is 12.9. The molecule has 0 aliphatic heterocycles. The van der Waals surface area contributed by atoms with Gasteiger partial charge < -0.3 is 14.2 Å². The molecule has 3 aromatic carbocycles. The molecule has 0 spiro atoms. The number of hydrazone groups is 1. The maximum atomic E-state index is 12.3. The van der Waals surface area contributed by atoms with Gasteiger partial charge in [0.15, 0.2) is 11.5 Å². The predicted octanol–water partition coefficient (Wildman–Crippen LogP) is 6.52. The zero-order valence-corrected chi connectivity index (χ0v) is 20.5. The summed E-state index contributed by atoms with van der Waals surface area (Å²) in [5.41, 5.74) is 4.56. The molecule has 0 aliphatic rings. The van der Waals surface area contributed by atoms with E-state index in [1.165, 1.54) is 0 Å². The van der Waals surface area contributed by atoms with Crippen LogP contribution in [-0.2, 0) is 6.61 Å². The smallest absolute Gasteiger partial charge is 0.271 e. The van der Waals surface area contributed by atoms with E-state index in [2.05, 4.69) is 10.5 Å².